The minimum absolute atomic E-state index is 0.0336. The second-order valence-electron chi connectivity index (χ2n) is 4.60. The number of hydrogen-bond acceptors (Lipinski definition) is 5. The van der Waals surface area contributed by atoms with E-state index in [1.54, 1.807) is 7.11 Å². The zero-order chi connectivity index (χ0) is 15.4. The molecule has 1 atom stereocenters. The third kappa shape index (κ3) is 3.42. The average Bonchev–Trinajstić information content (AvgIpc) is 2.49. The van der Waals surface area contributed by atoms with E-state index >= 15 is 0 Å². The topological polar surface area (TPSA) is 97.5 Å². The van der Waals surface area contributed by atoms with Gasteiger partial charge in [-0.3, -0.25) is 0 Å². The Morgan fingerprint density at radius 3 is 2.62 bits per heavy atom. The molecule has 0 aliphatic heterocycles. The lowest BCUT2D eigenvalue weighted by Crippen LogP contribution is -2.10. The zero-order valence-electron chi connectivity index (χ0n) is 11.8. The molecule has 6 nitrogen and oxygen atoms in total. The van der Waals surface area contributed by atoms with Gasteiger partial charge in [-0.2, -0.15) is 0 Å². The van der Waals surface area contributed by atoms with Crippen LogP contribution in [-0.4, -0.2) is 23.2 Å². The van der Waals surface area contributed by atoms with Gasteiger partial charge in [-0.25, -0.2) is 9.78 Å². The molecule has 0 aliphatic rings. The van der Waals surface area contributed by atoms with Crippen LogP contribution in [0.5, 0.6) is 5.75 Å². The Balaban J connectivity index is 2.16. The number of nitrogen functional groups attached to an aromatic ring is 1. The average molecular weight is 287 g/mol. The number of nitrogens with zero attached hydrogens (tertiary/aromatic N) is 1. The maximum atomic E-state index is 11.1. The van der Waals surface area contributed by atoms with Crippen LogP contribution in [0.2, 0.25) is 0 Å². The highest BCUT2D eigenvalue weighted by molar-refractivity contribution is 5.94. The number of ether oxygens (including phenoxy) is 1. The van der Waals surface area contributed by atoms with Crippen molar-refractivity contribution in [2.24, 2.45) is 0 Å². The molecule has 1 heterocycles. The number of benzene rings is 1. The number of pyridine rings is 1. The quantitative estimate of drug-likeness (QED) is 0.781. The Morgan fingerprint density at radius 1 is 1.38 bits per heavy atom. The molecule has 2 aromatic rings. The molecule has 1 unspecified atom stereocenters. The van der Waals surface area contributed by atoms with E-state index in [1.807, 2.05) is 31.2 Å². The van der Waals surface area contributed by atoms with E-state index in [2.05, 4.69) is 10.3 Å². The van der Waals surface area contributed by atoms with Gasteiger partial charge in [0.1, 0.15) is 11.6 Å². The normalized spacial score (nSPS) is 11.7. The van der Waals surface area contributed by atoms with Gasteiger partial charge in [-0.15, -0.1) is 0 Å². The lowest BCUT2D eigenvalue weighted by molar-refractivity contribution is 0.0698. The number of aromatic carboxylic acids is 1. The number of anilines is 2. The summed E-state index contributed by atoms with van der Waals surface area (Å²) in [6, 6.07) is 9.00. The fourth-order valence-corrected chi connectivity index (χ4v) is 1.93. The van der Waals surface area contributed by atoms with Crippen LogP contribution in [0.15, 0.2) is 36.5 Å². The number of carboxylic acid groups (broad SMARTS) is 1. The Morgan fingerprint density at radius 2 is 2.05 bits per heavy atom. The fourth-order valence-electron chi connectivity index (χ4n) is 1.93. The maximum Gasteiger partial charge on any atom is 0.337 e. The van der Waals surface area contributed by atoms with Crippen molar-refractivity contribution in [2.75, 3.05) is 18.2 Å². The minimum Gasteiger partial charge on any atom is -0.497 e. The van der Waals surface area contributed by atoms with Crippen molar-refractivity contribution in [1.29, 1.82) is 0 Å². The van der Waals surface area contributed by atoms with Crippen LogP contribution in [0, 0.1) is 0 Å². The first-order valence-electron chi connectivity index (χ1n) is 6.40. The number of hydrogen-bond donors (Lipinski definition) is 3. The molecule has 0 aliphatic carbocycles. The van der Waals surface area contributed by atoms with Crippen molar-refractivity contribution >= 4 is 17.5 Å². The number of nitrogens with one attached hydrogen (secondary N) is 1. The highest BCUT2D eigenvalue weighted by Gasteiger charge is 2.12. The Kier molecular flexibility index (Phi) is 4.27. The number of carbonyl (C=O) groups is 1. The van der Waals surface area contributed by atoms with Gasteiger partial charge in [0.25, 0.3) is 0 Å². The molecule has 0 saturated carbocycles. The lowest BCUT2D eigenvalue weighted by atomic mass is 10.1. The Hall–Kier alpha value is -2.76. The molecular formula is C15H17N3O3. The first kappa shape index (κ1) is 14.6. The molecule has 0 fully saturated rings. The third-order valence-electron chi connectivity index (χ3n) is 3.15. The maximum absolute atomic E-state index is 11.1. The molecule has 4 N–H and O–H groups in total. The molecule has 21 heavy (non-hydrogen) atoms. The summed E-state index contributed by atoms with van der Waals surface area (Å²) in [7, 11) is 1.61. The molecule has 0 radical (unpaired) electrons. The monoisotopic (exact) mass is 287 g/mol. The van der Waals surface area contributed by atoms with Crippen molar-refractivity contribution in [3.63, 3.8) is 0 Å². The number of aromatic nitrogens is 1. The van der Waals surface area contributed by atoms with Gasteiger partial charge < -0.3 is 20.9 Å². The van der Waals surface area contributed by atoms with Crippen LogP contribution in [0.1, 0.15) is 28.9 Å². The molecule has 1 aromatic heterocycles. The zero-order valence-corrected chi connectivity index (χ0v) is 11.8. The van der Waals surface area contributed by atoms with Gasteiger partial charge in [-0.1, -0.05) is 12.1 Å². The van der Waals surface area contributed by atoms with E-state index in [1.165, 1.54) is 12.3 Å². The summed E-state index contributed by atoms with van der Waals surface area (Å²) in [6.07, 6.45) is 1.34. The summed E-state index contributed by atoms with van der Waals surface area (Å²) in [6.45, 7) is 1.96. The molecule has 0 saturated heterocycles. The molecule has 1 aromatic carbocycles. The van der Waals surface area contributed by atoms with Crippen molar-refractivity contribution in [3.05, 3.63) is 47.7 Å². The van der Waals surface area contributed by atoms with Gasteiger partial charge in [0, 0.05) is 6.04 Å². The van der Waals surface area contributed by atoms with Crippen LogP contribution in [0.4, 0.5) is 11.5 Å². The van der Waals surface area contributed by atoms with E-state index in [9.17, 15) is 4.79 Å². The van der Waals surface area contributed by atoms with Gasteiger partial charge in [0.15, 0.2) is 0 Å². The third-order valence-corrected chi connectivity index (χ3v) is 3.15. The largest absolute Gasteiger partial charge is 0.497 e. The van der Waals surface area contributed by atoms with Crippen molar-refractivity contribution in [1.82, 2.24) is 4.98 Å². The predicted octanol–water partition coefficient (Wildman–Crippen LogP) is 2.54. The highest BCUT2D eigenvalue weighted by Crippen LogP contribution is 2.22. The molecule has 6 heteroatoms. The Bertz CT molecular complexity index is 641. The summed E-state index contributed by atoms with van der Waals surface area (Å²) in [5.74, 6) is 0.171. The summed E-state index contributed by atoms with van der Waals surface area (Å²) in [5, 5.41) is 12.2. The molecule has 0 spiro atoms. The van der Waals surface area contributed by atoms with E-state index in [4.69, 9.17) is 15.6 Å². The summed E-state index contributed by atoms with van der Waals surface area (Å²) in [4.78, 5) is 15.1. The SMILES string of the molecule is COc1ccc(C(C)Nc2cc(C(=O)O)c(N)cn2)cc1. The second kappa shape index (κ2) is 6.13. The fraction of sp³-hybridized carbons (Fsp3) is 0.200. The molecule has 110 valence electrons. The van der Waals surface area contributed by atoms with Crippen LogP contribution in [0.25, 0.3) is 0 Å². The molecule has 0 amide bonds. The van der Waals surface area contributed by atoms with E-state index in [-0.39, 0.29) is 17.3 Å². The van der Waals surface area contributed by atoms with Gasteiger partial charge >= 0.3 is 5.97 Å². The van der Waals surface area contributed by atoms with Crippen LogP contribution in [-0.2, 0) is 0 Å². The van der Waals surface area contributed by atoms with Crippen molar-refractivity contribution in [3.8, 4) is 5.75 Å². The standard InChI is InChI=1S/C15H17N3O3/c1-9(10-3-5-11(21-2)6-4-10)18-14-7-12(15(19)20)13(16)8-17-14/h3-9H,16H2,1-2H3,(H,17,18)(H,19,20). The minimum atomic E-state index is -1.07. The van der Waals surface area contributed by atoms with Gasteiger partial charge in [0.2, 0.25) is 0 Å². The van der Waals surface area contributed by atoms with E-state index < -0.39 is 5.97 Å². The van der Waals surface area contributed by atoms with Crippen LogP contribution < -0.4 is 15.8 Å². The van der Waals surface area contributed by atoms with Crippen molar-refractivity contribution in [2.45, 2.75) is 13.0 Å². The van der Waals surface area contributed by atoms with Gasteiger partial charge in [0.05, 0.1) is 24.6 Å². The first-order chi connectivity index (χ1) is 10.0. The van der Waals surface area contributed by atoms with E-state index in [0.29, 0.717) is 5.82 Å². The number of carboxylic acids is 1. The molecular weight excluding hydrogens is 270 g/mol. The Labute approximate surface area is 122 Å². The lowest BCUT2D eigenvalue weighted by Gasteiger charge is -2.16. The van der Waals surface area contributed by atoms with Crippen LogP contribution in [0.3, 0.4) is 0 Å². The predicted molar refractivity (Wildman–Crippen MR) is 80.6 cm³/mol. The van der Waals surface area contributed by atoms with Gasteiger partial charge in [-0.05, 0) is 30.7 Å². The van der Waals surface area contributed by atoms with Crippen molar-refractivity contribution < 1.29 is 14.6 Å². The highest BCUT2D eigenvalue weighted by atomic mass is 16.5. The molecule has 2 rings (SSSR count). The number of methoxy groups -OCH3 is 1. The summed E-state index contributed by atoms with van der Waals surface area (Å²) in [5.41, 5.74) is 6.79. The number of rotatable bonds is 5. The molecule has 0 bridgehead atoms. The number of nitrogens with two attached hydrogens (primary N) is 1. The summed E-state index contributed by atoms with van der Waals surface area (Å²) < 4.78 is 5.11. The van der Waals surface area contributed by atoms with E-state index in [0.717, 1.165) is 11.3 Å². The summed E-state index contributed by atoms with van der Waals surface area (Å²) >= 11 is 0. The smallest absolute Gasteiger partial charge is 0.337 e. The first-order valence-corrected chi connectivity index (χ1v) is 6.40. The van der Waals surface area contributed by atoms with Crippen LogP contribution >= 0.6 is 0 Å². The second-order valence-corrected chi connectivity index (χ2v) is 4.60.